The number of nitrogens with zero attached hydrogens (tertiary/aromatic N) is 4. The summed E-state index contributed by atoms with van der Waals surface area (Å²) in [7, 11) is 0. The van der Waals surface area contributed by atoms with Gasteiger partial charge in [0, 0.05) is 56.7 Å². The third-order valence-electron chi connectivity index (χ3n) is 8.32. The number of carbonyl (C=O) groups is 1. The Bertz CT molecular complexity index is 2590. The standard InChI is InChI=1S/C22H17Cl2N3O.C9H7NO.C7H5ClO.C6H7ClN2/c1-13-11-19(26-12-18(13)24)27-20(15-4-7-16(23)8-5-15)17-9-6-14-3-2-10-25-21(14)22(17)28;11-8-5-1-3-7-4-2-6-10-9(7)8;8-7-3-1-6(5-9)2-4-7;1-4-2-6(8)9-3-5(4)7/h2-12,20,28H,1H3,(H,26,27);1-6,11H;1-5H;2-3H,1H3,(H2,8,9). The summed E-state index contributed by atoms with van der Waals surface area (Å²) < 4.78 is 0. The van der Waals surface area contributed by atoms with E-state index in [1.807, 2.05) is 86.6 Å². The monoisotopic (exact) mass is 836 g/mol. The summed E-state index contributed by atoms with van der Waals surface area (Å²) in [5.41, 5.74) is 10.7. The predicted octanol–water partition coefficient (Wildman–Crippen LogP) is 11.9. The summed E-state index contributed by atoms with van der Waals surface area (Å²) in [5.74, 6) is 1.54. The van der Waals surface area contributed by atoms with Crippen LogP contribution in [-0.4, -0.2) is 36.4 Å². The molecule has 0 aliphatic heterocycles. The molecule has 0 saturated heterocycles. The summed E-state index contributed by atoms with van der Waals surface area (Å²) in [6.07, 6.45) is 7.28. The zero-order valence-corrected chi connectivity index (χ0v) is 33.6. The number of phenols is 2. The number of aryl methyl sites for hydroxylation is 2. The van der Waals surface area contributed by atoms with E-state index in [0.717, 1.165) is 33.7 Å². The van der Waals surface area contributed by atoms with Gasteiger partial charge in [0.1, 0.15) is 40.5 Å². The first-order valence-electron chi connectivity index (χ1n) is 17.2. The molecule has 5 N–H and O–H groups in total. The highest BCUT2D eigenvalue weighted by Crippen LogP contribution is 2.37. The Morgan fingerprint density at radius 3 is 1.79 bits per heavy atom. The van der Waals surface area contributed by atoms with Gasteiger partial charge in [-0.1, -0.05) is 107 Å². The van der Waals surface area contributed by atoms with E-state index in [0.29, 0.717) is 53.9 Å². The van der Waals surface area contributed by atoms with Crippen LogP contribution in [0.3, 0.4) is 0 Å². The fraction of sp³-hybridized carbons (Fsp3) is 0.0682. The first-order valence-corrected chi connectivity index (χ1v) is 18.8. The number of halogens is 4. The number of fused-ring (bicyclic) bond motifs is 2. The Balaban J connectivity index is 0.000000173. The van der Waals surface area contributed by atoms with Crippen molar-refractivity contribution in [3.63, 3.8) is 0 Å². The molecule has 0 aliphatic carbocycles. The van der Waals surface area contributed by atoms with E-state index in [4.69, 9.17) is 52.1 Å². The van der Waals surface area contributed by atoms with Gasteiger partial charge < -0.3 is 21.3 Å². The van der Waals surface area contributed by atoms with E-state index < -0.39 is 0 Å². The quantitative estimate of drug-likeness (QED) is 0.124. The Labute approximate surface area is 349 Å². The fourth-order valence-corrected chi connectivity index (χ4v) is 5.79. The van der Waals surface area contributed by atoms with Crippen molar-refractivity contribution < 1.29 is 15.0 Å². The van der Waals surface area contributed by atoms with Crippen molar-refractivity contribution in [1.29, 1.82) is 0 Å². The minimum Gasteiger partial charge on any atom is -0.506 e. The van der Waals surface area contributed by atoms with Gasteiger partial charge in [0.15, 0.2) is 0 Å². The Hall–Kier alpha value is -5.97. The molecule has 0 radical (unpaired) electrons. The molecule has 57 heavy (non-hydrogen) atoms. The highest BCUT2D eigenvalue weighted by Gasteiger charge is 2.21. The van der Waals surface area contributed by atoms with Crippen LogP contribution in [-0.2, 0) is 0 Å². The number of aromatic hydroxyl groups is 2. The van der Waals surface area contributed by atoms with Crippen molar-refractivity contribution in [2.24, 2.45) is 0 Å². The summed E-state index contributed by atoms with van der Waals surface area (Å²) in [4.78, 5) is 26.6. The average molecular weight is 839 g/mol. The van der Waals surface area contributed by atoms with Crippen molar-refractivity contribution >= 4 is 86.1 Å². The lowest BCUT2D eigenvalue weighted by Gasteiger charge is -2.22. The van der Waals surface area contributed by atoms with Gasteiger partial charge in [-0.05, 0) is 85.1 Å². The number of benzene rings is 4. The van der Waals surface area contributed by atoms with E-state index in [1.165, 1.54) is 0 Å². The van der Waals surface area contributed by atoms with E-state index >= 15 is 0 Å². The van der Waals surface area contributed by atoms with Crippen LogP contribution in [0.1, 0.15) is 38.7 Å². The predicted molar refractivity (Wildman–Crippen MR) is 233 cm³/mol. The molecule has 4 aromatic heterocycles. The maximum absolute atomic E-state index is 10.9. The zero-order valence-electron chi connectivity index (χ0n) is 30.6. The number of carbonyl (C=O) groups excluding carboxylic acids is 1. The number of nitrogens with two attached hydrogens (primary N) is 1. The minimum atomic E-state index is -0.350. The lowest BCUT2D eigenvalue weighted by atomic mass is 9.96. The van der Waals surface area contributed by atoms with Crippen LogP contribution in [0.2, 0.25) is 20.1 Å². The van der Waals surface area contributed by atoms with Gasteiger partial charge >= 0.3 is 0 Å². The molecule has 13 heteroatoms. The number of nitrogen functional groups attached to an aromatic ring is 1. The molecule has 4 aromatic carbocycles. The maximum atomic E-state index is 10.9. The first-order chi connectivity index (χ1) is 27.4. The number of aromatic nitrogens is 4. The van der Waals surface area contributed by atoms with E-state index in [1.54, 1.807) is 67.3 Å². The molecule has 4 heterocycles. The number of phenolic OH excluding ortho intramolecular Hbond substituents is 2. The molecule has 0 fully saturated rings. The Morgan fingerprint density at radius 1 is 0.649 bits per heavy atom. The van der Waals surface area contributed by atoms with Crippen LogP contribution in [0, 0.1) is 13.8 Å². The number of rotatable bonds is 5. The van der Waals surface area contributed by atoms with Crippen molar-refractivity contribution in [3.05, 3.63) is 188 Å². The Morgan fingerprint density at radius 2 is 1.21 bits per heavy atom. The molecule has 8 rings (SSSR count). The van der Waals surface area contributed by atoms with Crippen molar-refractivity contribution in [2.45, 2.75) is 19.9 Å². The molecule has 0 aliphatic rings. The zero-order chi connectivity index (χ0) is 40.9. The van der Waals surface area contributed by atoms with Gasteiger partial charge in [0.05, 0.1) is 16.1 Å². The normalized spacial score (nSPS) is 10.8. The molecule has 0 bridgehead atoms. The maximum Gasteiger partial charge on any atom is 0.150 e. The molecule has 0 saturated carbocycles. The molecule has 0 spiro atoms. The lowest BCUT2D eigenvalue weighted by molar-refractivity contribution is 0.112. The van der Waals surface area contributed by atoms with Crippen LogP contribution in [0.15, 0.2) is 140 Å². The molecule has 1 atom stereocenters. The van der Waals surface area contributed by atoms with Crippen molar-refractivity contribution in [2.75, 3.05) is 11.1 Å². The van der Waals surface area contributed by atoms with Crippen molar-refractivity contribution in [1.82, 2.24) is 19.9 Å². The van der Waals surface area contributed by atoms with Gasteiger partial charge in [-0.25, -0.2) is 9.97 Å². The largest absolute Gasteiger partial charge is 0.506 e. The molecule has 9 nitrogen and oxygen atoms in total. The summed E-state index contributed by atoms with van der Waals surface area (Å²) in [6.45, 7) is 3.81. The Kier molecular flexibility index (Phi) is 15.0. The third kappa shape index (κ3) is 11.8. The van der Waals surface area contributed by atoms with Gasteiger partial charge in [0.25, 0.3) is 0 Å². The smallest absolute Gasteiger partial charge is 0.150 e. The van der Waals surface area contributed by atoms with Gasteiger partial charge in [-0.15, -0.1) is 0 Å². The molecule has 1 unspecified atom stereocenters. The second-order valence-corrected chi connectivity index (χ2v) is 14.1. The topological polar surface area (TPSA) is 147 Å². The highest BCUT2D eigenvalue weighted by atomic mass is 35.5. The number of para-hydroxylation sites is 1. The van der Waals surface area contributed by atoms with Gasteiger partial charge in [0.2, 0.25) is 0 Å². The van der Waals surface area contributed by atoms with E-state index in [2.05, 4.69) is 25.3 Å². The van der Waals surface area contributed by atoms with E-state index in [-0.39, 0.29) is 17.5 Å². The van der Waals surface area contributed by atoms with Crippen LogP contribution >= 0.6 is 46.4 Å². The number of aldehydes is 1. The van der Waals surface area contributed by atoms with Gasteiger partial charge in [-0.2, -0.15) is 0 Å². The molecular formula is C44H36Cl4N6O3. The number of hydrogen-bond acceptors (Lipinski definition) is 9. The molecule has 8 aromatic rings. The van der Waals surface area contributed by atoms with Crippen LogP contribution in [0.5, 0.6) is 11.5 Å². The number of pyridine rings is 4. The lowest BCUT2D eigenvalue weighted by Crippen LogP contribution is -2.14. The number of anilines is 2. The van der Waals surface area contributed by atoms with Crippen LogP contribution in [0.25, 0.3) is 21.8 Å². The van der Waals surface area contributed by atoms with Crippen LogP contribution in [0.4, 0.5) is 11.6 Å². The average Bonchev–Trinajstić information content (AvgIpc) is 3.22. The van der Waals surface area contributed by atoms with Crippen molar-refractivity contribution in [3.8, 4) is 11.5 Å². The molecular weight excluding hydrogens is 802 g/mol. The number of nitrogens with one attached hydrogen (secondary N) is 1. The summed E-state index contributed by atoms with van der Waals surface area (Å²) in [6, 6.07) is 34.2. The number of hydrogen-bond donors (Lipinski definition) is 4. The molecule has 0 amide bonds. The van der Waals surface area contributed by atoms with E-state index in [9.17, 15) is 15.0 Å². The third-order valence-corrected chi connectivity index (χ3v) is 9.61. The summed E-state index contributed by atoms with van der Waals surface area (Å²) >= 11 is 23.4. The fourth-order valence-electron chi connectivity index (χ4n) is 5.33. The minimum absolute atomic E-state index is 0.135. The highest BCUT2D eigenvalue weighted by molar-refractivity contribution is 6.31. The molecule has 288 valence electrons. The SMILES string of the molecule is Cc1cc(N)ncc1Cl.Cc1cc(NC(c2ccc(Cl)cc2)c2ccc3cccnc3c2O)ncc1Cl.O=Cc1ccc(Cl)cc1.Oc1cccc2cccnc12. The van der Waals surface area contributed by atoms with Gasteiger partial charge in [-0.3, -0.25) is 14.8 Å². The second-order valence-electron chi connectivity index (χ2n) is 12.4. The summed E-state index contributed by atoms with van der Waals surface area (Å²) in [5, 5.41) is 28.1. The second kappa shape index (κ2) is 20.3. The first kappa shape index (κ1) is 42.2. The van der Waals surface area contributed by atoms with Crippen LogP contribution < -0.4 is 11.1 Å².